The number of ketones is 1. The Bertz CT molecular complexity index is 574. The Balaban J connectivity index is 2.04. The van der Waals surface area contributed by atoms with Crippen molar-refractivity contribution in [2.45, 2.75) is 59.5 Å². The third kappa shape index (κ3) is 2.44. The van der Waals surface area contributed by atoms with Gasteiger partial charge in [0, 0.05) is 6.42 Å². The molecule has 0 aromatic carbocycles. The number of hydrogen-bond acceptors (Lipinski definition) is 2. The van der Waals surface area contributed by atoms with Gasteiger partial charge < -0.3 is 5.11 Å². The molecule has 0 amide bonds. The second-order valence-corrected chi connectivity index (χ2v) is 7.63. The largest absolute Gasteiger partial charge is 0.384 e. The summed E-state index contributed by atoms with van der Waals surface area (Å²) < 4.78 is 0. The third-order valence-electron chi connectivity index (χ3n) is 5.88. The van der Waals surface area contributed by atoms with Crippen LogP contribution in [0.5, 0.6) is 0 Å². The minimum atomic E-state index is -0.461. The average Bonchev–Trinajstić information content (AvgIpc) is 2.80. The standard InChI is InChI=1S/C19H26O2/c1-11-8-13-6-5-7-14(13)18(21)12(2)9-15-16(10-17(11)20)19(15,3)4/h8-9,15-16,18,21H,5-7,10H2,1-4H3/b11-8+,12-9+/t15-,16+,18-/m1/s1. The quantitative estimate of drug-likeness (QED) is 0.684. The number of carbonyl (C=O) groups is 1. The van der Waals surface area contributed by atoms with Gasteiger partial charge in [0.1, 0.15) is 0 Å². The van der Waals surface area contributed by atoms with E-state index in [9.17, 15) is 9.90 Å². The Morgan fingerprint density at radius 1 is 1.24 bits per heavy atom. The summed E-state index contributed by atoms with van der Waals surface area (Å²) in [7, 11) is 0. The molecule has 3 rings (SSSR count). The lowest BCUT2D eigenvalue weighted by Crippen LogP contribution is -2.12. The molecule has 0 spiro atoms. The average molecular weight is 286 g/mol. The lowest BCUT2D eigenvalue weighted by molar-refractivity contribution is -0.116. The van der Waals surface area contributed by atoms with E-state index in [2.05, 4.69) is 19.9 Å². The van der Waals surface area contributed by atoms with Gasteiger partial charge in [-0.1, -0.05) is 26.0 Å². The summed E-state index contributed by atoms with van der Waals surface area (Å²) in [4.78, 5) is 12.4. The van der Waals surface area contributed by atoms with Crippen LogP contribution in [0.3, 0.4) is 0 Å². The molecule has 1 fully saturated rings. The highest BCUT2D eigenvalue weighted by Crippen LogP contribution is 2.61. The van der Waals surface area contributed by atoms with Crippen LogP contribution in [0.1, 0.15) is 53.4 Å². The fourth-order valence-electron chi connectivity index (χ4n) is 4.13. The van der Waals surface area contributed by atoms with Crippen LogP contribution in [0.15, 0.2) is 34.4 Å². The van der Waals surface area contributed by atoms with Crippen molar-refractivity contribution < 1.29 is 9.90 Å². The predicted octanol–water partition coefficient (Wildman–Crippen LogP) is 3.97. The predicted molar refractivity (Wildman–Crippen MR) is 84.8 cm³/mol. The van der Waals surface area contributed by atoms with Gasteiger partial charge in [-0.05, 0) is 72.7 Å². The normalized spacial score (nSPS) is 40.4. The van der Waals surface area contributed by atoms with E-state index in [-0.39, 0.29) is 11.2 Å². The molecule has 1 saturated carbocycles. The number of fused-ring (bicyclic) bond motifs is 1. The van der Waals surface area contributed by atoms with E-state index in [0.717, 1.165) is 36.0 Å². The zero-order valence-corrected chi connectivity index (χ0v) is 13.6. The molecule has 0 aromatic rings. The zero-order chi connectivity index (χ0) is 15.4. The van der Waals surface area contributed by atoms with Crippen LogP contribution in [0.25, 0.3) is 0 Å². The molecule has 0 aromatic heterocycles. The Hall–Kier alpha value is -1.15. The van der Waals surface area contributed by atoms with Gasteiger partial charge in [-0.3, -0.25) is 4.79 Å². The van der Waals surface area contributed by atoms with Crippen molar-refractivity contribution in [3.05, 3.63) is 34.4 Å². The first kappa shape index (κ1) is 14.8. The summed E-state index contributed by atoms with van der Waals surface area (Å²) in [6.07, 6.45) is 7.48. The number of rotatable bonds is 0. The maximum Gasteiger partial charge on any atom is 0.158 e. The molecular formula is C19H26O2. The lowest BCUT2D eigenvalue weighted by Gasteiger charge is -2.15. The van der Waals surface area contributed by atoms with Crippen LogP contribution in [-0.4, -0.2) is 17.0 Å². The Labute approximate surface area is 127 Å². The van der Waals surface area contributed by atoms with Crippen molar-refractivity contribution in [2.24, 2.45) is 17.3 Å². The molecule has 1 N–H and O–H groups in total. The van der Waals surface area contributed by atoms with Crippen molar-refractivity contribution >= 4 is 5.78 Å². The van der Waals surface area contributed by atoms with Crippen LogP contribution >= 0.6 is 0 Å². The van der Waals surface area contributed by atoms with Crippen LogP contribution < -0.4 is 0 Å². The van der Waals surface area contributed by atoms with E-state index in [1.165, 1.54) is 5.57 Å². The number of carbonyl (C=O) groups excluding carboxylic acids is 1. The van der Waals surface area contributed by atoms with E-state index < -0.39 is 6.10 Å². The lowest BCUT2D eigenvalue weighted by atomic mass is 9.95. The van der Waals surface area contributed by atoms with Crippen molar-refractivity contribution in [3.8, 4) is 0 Å². The molecule has 0 aliphatic heterocycles. The third-order valence-corrected chi connectivity index (χ3v) is 5.88. The highest BCUT2D eigenvalue weighted by molar-refractivity contribution is 5.95. The number of Topliss-reactive ketones (excluding diaryl/α,β-unsaturated/α-hetero) is 1. The second-order valence-electron chi connectivity index (χ2n) is 7.63. The van der Waals surface area contributed by atoms with E-state index in [1.807, 2.05) is 19.9 Å². The molecule has 3 aliphatic rings. The van der Waals surface area contributed by atoms with Crippen LogP contribution in [-0.2, 0) is 4.79 Å². The summed E-state index contributed by atoms with van der Waals surface area (Å²) in [5, 5.41) is 10.7. The highest BCUT2D eigenvalue weighted by Gasteiger charge is 2.56. The first-order valence-electron chi connectivity index (χ1n) is 8.12. The molecule has 0 heterocycles. The van der Waals surface area contributed by atoms with Gasteiger partial charge in [0.15, 0.2) is 5.78 Å². The molecule has 3 aliphatic carbocycles. The van der Waals surface area contributed by atoms with E-state index in [0.29, 0.717) is 18.3 Å². The van der Waals surface area contributed by atoms with Crippen LogP contribution in [0, 0.1) is 17.3 Å². The number of aliphatic hydroxyl groups is 1. The van der Waals surface area contributed by atoms with Crippen molar-refractivity contribution in [1.82, 2.24) is 0 Å². The molecule has 2 nitrogen and oxygen atoms in total. The second kappa shape index (κ2) is 4.95. The molecule has 2 heteroatoms. The van der Waals surface area contributed by atoms with E-state index in [4.69, 9.17) is 0 Å². The zero-order valence-electron chi connectivity index (χ0n) is 13.6. The molecule has 21 heavy (non-hydrogen) atoms. The SMILES string of the molecule is C/C1=C\C2=C(CCC2)[C@H](O)/C(C)=C/[C@@H]2[C@H](CC1=O)C2(C)C. The van der Waals surface area contributed by atoms with Gasteiger partial charge >= 0.3 is 0 Å². The van der Waals surface area contributed by atoms with Gasteiger partial charge in [0.25, 0.3) is 0 Å². The Morgan fingerprint density at radius 2 is 1.95 bits per heavy atom. The first-order valence-corrected chi connectivity index (χ1v) is 8.12. The number of aliphatic hydroxyl groups excluding tert-OH is 1. The fourth-order valence-corrected chi connectivity index (χ4v) is 4.13. The van der Waals surface area contributed by atoms with Gasteiger partial charge in [-0.25, -0.2) is 0 Å². The maximum absolute atomic E-state index is 12.4. The summed E-state index contributed by atoms with van der Waals surface area (Å²) in [5.74, 6) is 1.12. The van der Waals surface area contributed by atoms with Gasteiger partial charge in [-0.15, -0.1) is 0 Å². The summed E-state index contributed by atoms with van der Waals surface area (Å²) in [6.45, 7) is 8.43. The Morgan fingerprint density at radius 3 is 2.67 bits per heavy atom. The van der Waals surface area contributed by atoms with E-state index >= 15 is 0 Å². The molecule has 0 saturated heterocycles. The van der Waals surface area contributed by atoms with Crippen LogP contribution in [0.4, 0.5) is 0 Å². The minimum absolute atomic E-state index is 0.184. The van der Waals surface area contributed by atoms with Crippen molar-refractivity contribution in [1.29, 1.82) is 0 Å². The molecule has 0 radical (unpaired) electrons. The monoisotopic (exact) mass is 286 g/mol. The van der Waals surface area contributed by atoms with Crippen molar-refractivity contribution in [2.75, 3.05) is 0 Å². The summed E-state index contributed by atoms with van der Waals surface area (Å²) >= 11 is 0. The van der Waals surface area contributed by atoms with Crippen molar-refractivity contribution in [3.63, 3.8) is 0 Å². The van der Waals surface area contributed by atoms with Crippen LogP contribution in [0.2, 0.25) is 0 Å². The van der Waals surface area contributed by atoms with Gasteiger partial charge in [0.05, 0.1) is 6.10 Å². The Kier molecular flexibility index (Phi) is 3.48. The maximum atomic E-state index is 12.4. The molecule has 0 unspecified atom stereocenters. The highest BCUT2D eigenvalue weighted by atomic mass is 16.3. The van der Waals surface area contributed by atoms with Gasteiger partial charge in [-0.2, -0.15) is 0 Å². The summed E-state index contributed by atoms with van der Waals surface area (Å²) in [6, 6.07) is 0. The topological polar surface area (TPSA) is 37.3 Å². The minimum Gasteiger partial charge on any atom is -0.384 e. The summed E-state index contributed by atoms with van der Waals surface area (Å²) in [5.41, 5.74) is 4.43. The molecule has 3 atom stereocenters. The van der Waals surface area contributed by atoms with Gasteiger partial charge in [0.2, 0.25) is 0 Å². The molecule has 0 bridgehead atoms. The smallest absolute Gasteiger partial charge is 0.158 e. The molecule has 114 valence electrons. The fraction of sp³-hybridized carbons (Fsp3) is 0.632. The first-order chi connectivity index (χ1) is 9.82. The number of hydrogen-bond donors (Lipinski definition) is 1. The molecular weight excluding hydrogens is 260 g/mol. The van der Waals surface area contributed by atoms with E-state index in [1.54, 1.807) is 0 Å². The number of allylic oxidation sites excluding steroid dienone is 4.